The minimum Gasteiger partial charge on any atom is -0.496 e. The first-order valence-electron chi connectivity index (χ1n) is 9.76. The number of aliphatic hydroxyl groups excluding tert-OH is 1. The van der Waals surface area contributed by atoms with Crippen LogP contribution in [0.4, 0.5) is 0 Å². The van der Waals surface area contributed by atoms with E-state index in [1.165, 1.54) is 0 Å². The molecule has 0 amide bonds. The highest BCUT2D eigenvalue weighted by Crippen LogP contribution is 2.04. The molecule has 1 N–H and O–H groups in total. The van der Waals surface area contributed by atoms with Crippen molar-refractivity contribution in [1.29, 1.82) is 0 Å². The molecule has 0 aliphatic rings. The lowest BCUT2D eigenvalue weighted by Gasteiger charge is -2.21. The van der Waals surface area contributed by atoms with Gasteiger partial charge in [-0.1, -0.05) is 0 Å². The molecule has 0 radical (unpaired) electrons. The molecule has 0 fully saturated rings. The summed E-state index contributed by atoms with van der Waals surface area (Å²) < 4.78 is 28.1. The van der Waals surface area contributed by atoms with Gasteiger partial charge in [0.2, 0.25) is 0 Å². The molecule has 0 aromatic rings. The van der Waals surface area contributed by atoms with Gasteiger partial charge >= 0.3 is 0 Å². The van der Waals surface area contributed by atoms with E-state index in [0.717, 1.165) is 6.42 Å². The van der Waals surface area contributed by atoms with Gasteiger partial charge in [0, 0.05) is 5.38 Å². The summed E-state index contributed by atoms with van der Waals surface area (Å²) in [5, 5.41) is 9.04. The van der Waals surface area contributed by atoms with Crippen LogP contribution in [0.1, 0.15) is 48.0 Å². The standard InChI is InChI=1S/C20H39ClO6/c1-15(21)8-7-9-23-17(3)11-25-19(5)13-27-20(6)14-26-18(4)12-24-16(2)10-22/h7,9,15-20,22H,8,10-14H2,1-6H3. The minimum absolute atomic E-state index is 0.0106. The largest absolute Gasteiger partial charge is 0.496 e. The highest BCUT2D eigenvalue weighted by Gasteiger charge is 2.12. The van der Waals surface area contributed by atoms with Crippen molar-refractivity contribution in [1.82, 2.24) is 0 Å². The normalized spacial score (nSPS) is 18.8. The smallest absolute Gasteiger partial charge is 0.118 e. The fourth-order valence-electron chi connectivity index (χ4n) is 1.87. The van der Waals surface area contributed by atoms with Crippen LogP contribution in [0.5, 0.6) is 0 Å². The summed E-state index contributed by atoms with van der Waals surface area (Å²) >= 11 is 5.86. The van der Waals surface area contributed by atoms with Crippen molar-refractivity contribution in [2.45, 2.75) is 83.9 Å². The molecule has 0 aliphatic heterocycles. The number of hydrogen-bond acceptors (Lipinski definition) is 6. The molecule has 6 nitrogen and oxygen atoms in total. The molecule has 0 aromatic carbocycles. The van der Waals surface area contributed by atoms with Crippen LogP contribution in [0.25, 0.3) is 0 Å². The number of halogens is 1. The monoisotopic (exact) mass is 410 g/mol. The molecule has 162 valence electrons. The second-order valence-corrected chi connectivity index (χ2v) is 7.84. The average molecular weight is 411 g/mol. The van der Waals surface area contributed by atoms with E-state index in [-0.39, 0.29) is 42.5 Å². The van der Waals surface area contributed by atoms with Crippen molar-refractivity contribution >= 4 is 11.6 Å². The Balaban J connectivity index is 3.75. The summed E-state index contributed by atoms with van der Waals surface area (Å²) in [4.78, 5) is 0. The molecule has 0 saturated carbocycles. The first-order valence-corrected chi connectivity index (χ1v) is 10.2. The van der Waals surface area contributed by atoms with E-state index in [1.807, 2.05) is 47.6 Å². The fraction of sp³-hybridized carbons (Fsp3) is 0.900. The summed E-state index contributed by atoms with van der Waals surface area (Å²) in [6, 6.07) is 0. The zero-order valence-corrected chi connectivity index (χ0v) is 18.5. The molecular formula is C20H39ClO6. The Kier molecular flexibility index (Phi) is 16.3. The molecule has 0 saturated heterocycles. The summed E-state index contributed by atoms with van der Waals surface area (Å²) in [5.74, 6) is 0. The van der Waals surface area contributed by atoms with Crippen molar-refractivity contribution in [2.24, 2.45) is 0 Å². The summed E-state index contributed by atoms with van der Waals surface area (Å²) in [6.45, 7) is 13.5. The predicted octanol–water partition coefficient (Wildman–Crippen LogP) is 3.54. The minimum atomic E-state index is -0.173. The predicted molar refractivity (Wildman–Crippen MR) is 108 cm³/mol. The van der Waals surface area contributed by atoms with E-state index in [0.29, 0.717) is 26.4 Å². The molecule has 0 aliphatic carbocycles. The lowest BCUT2D eigenvalue weighted by atomic mass is 10.3. The van der Waals surface area contributed by atoms with Gasteiger partial charge in [-0.25, -0.2) is 0 Å². The first kappa shape index (κ1) is 26.6. The van der Waals surface area contributed by atoms with E-state index in [2.05, 4.69) is 0 Å². The number of allylic oxidation sites excluding steroid dienone is 1. The fourth-order valence-corrected chi connectivity index (χ4v) is 1.97. The Morgan fingerprint density at radius 3 is 1.52 bits per heavy atom. The van der Waals surface area contributed by atoms with Crippen LogP contribution in [-0.2, 0) is 23.7 Å². The van der Waals surface area contributed by atoms with E-state index >= 15 is 0 Å². The highest BCUT2D eigenvalue weighted by atomic mass is 35.5. The van der Waals surface area contributed by atoms with Crippen molar-refractivity contribution in [3.8, 4) is 0 Å². The summed E-state index contributed by atoms with van der Waals surface area (Å²) in [5.41, 5.74) is 0. The van der Waals surface area contributed by atoms with Gasteiger partial charge in [-0.3, -0.25) is 0 Å². The van der Waals surface area contributed by atoms with Crippen molar-refractivity contribution in [3.05, 3.63) is 12.3 Å². The number of hydrogen-bond donors (Lipinski definition) is 1. The molecule has 0 rings (SSSR count). The van der Waals surface area contributed by atoms with Crippen LogP contribution in [-0.4, -0.2) is 74.0 Å². The maximum Gasteiger partial charge on any atom is 0.118 e. The third-order valence-corrected chi connectivity index (χ3v) is 3.77. The average Bonchev–Trinajstić information content (AvgIpc) is 2.64. The lowest BCUT2D eigenvalue weighted by molar-refractivity contribution is -0.0940. The molecule has 0 bridgehead atoms. The Hall–Kier alpha value is -0.370. The van der Waals surface area contributed by atoms with Crippen LogP contribution >= 0.6 is 11.6 Å². The van der Waals surface area contributed by atoms with Gasteiger partial charge in [0.05, 0.1) is 63.7 Å². The summed E-state index contributed by atoms with van der Waals surface area (Å²) in [6.07, 6.45) is 4.06. The maximum atomic E-state index is 8.93. The third-order valence-electron chi connectivity index (χ3n) is 3.59. The van der Waals surface area contributed by atoms with E-state index in [4.69, 9.17) is 40.4 Å². The SMILES string of the molecule is CC(Cl)CC=COC(C)COC(C)COC(C)COC(C)COC(C)CO. The number of aliphatic hydroxyl groups is 1. The Bertz CT molecular complexity index is 366. The topological polar surface area (TPSA) is 66.4 Å². The van der Waals surface area contributed by atoms with Crippen molar-refractivity contribution < 1.29 is 28.8 Å². The number of rotatable bonds is 17. The van der Waals surface area contributed by atoms with Gasteiger partial charge in [0.1, 0.15) is 6.10 Å². The molecule has 7 heteroatoms. The van der Waals surface area contributed by atoms with E-state index < -0.39 is 0 Å². The van der Waals surface area contributed by atoms with Gasteiger partial charge in [-0.15, -0.1) is 11.6 Å². The maximum absolute atomic E-state index is 8.93. The first-order chi connectivity index (χ1) is 12.7. The van der Waals surface area contributed by atoms with E-state index in [1.54, 1.807) is 6.26 Å². The van der Waals surface area contributed by atoms with Gasteiger partial charge in [0.15, 0.2) is 0 Å². The summed E-state index contributed by atoms with van der Waals surface area (Å²) in [7, 11) is 0. The molecule has 0 spiro atoms. The quantitative estimate of drug-likeness (QED) is 0.292. The third kappa shape index (κ3) is 17.5. The lowest BCUT2D eigenvalue weighted by Crippen LogP contribution is -2.28. The highest BCUT2D eigenvalue weighted by molar-refractivity contribution is 6.20. The second-order valence-electron chi connectivity index (χ2n) is 7.09. The van der Waals surface area contributed by atoms with E-state index in [9.17, 15) is 0 Å². The van der Waals surface area contributed by atoms with Crippen LogP contribution in [0.15, 0.2) is 12.3 Å². The van der Waals surface area contributed by atoms with Crippen LogP contribution in [0.2, 0.25) is 0 Å². The molecule has 27 heavy (non-hydrogen) atoms. The zero-order valence-electron chi connectivity index (χ0n) is 17.7. The van der Waals surface area contributed by atoms with Gasteiger partial charge in [0.25, 0.3) is 0 Å². The number of alkyl halides is 1. The Morgan fingerprint density at radius 1 is 0.704 bits per heavy atom. The molecular weight excluding hydrogens is 372 g/mol. The van der Waals surface area contributed by atoms with Gasteiger partial charge in [-0.2, -0.15) is 0 Å². The van der Waals surface area contributed by atoms with Crippen molar-refractivity contribution in [3.63, 3.8) is 0 Å². The molecule has 0 heterocycles. The molecule has 6 atom stereocenters. The Morgan fingerprint density at radius 2 is 1.11 bits per heavy atom. The van der Waals surface area contributed by atoms with Gasteiger partial charge < -0.3 is 28.8 Å². The van der Waals surface area contributed by atoms with Crippen molar-refractivity contribution in [2.75, 3.05) is 33.0 Å². The Labute approximate surface area is 170 Å². The zero-order chi connectivity index (χ0) is 20.7. The molecule has 6 unspecified atom stereocenters. The molecule has 0 aromatic heterocycles. The second kappa shape index (κ2) is 16.6. The van der Waals surface area contributed by atoms with Crippen LogP contribution in [0.3, 0.4) is 0 Å². The van der Waals surface area contributed by atoms with Crippen LogP contribution in [0, 0.1) is 0 Å². The number of ether oxygens (including phenoxy) is 5. The van der Waals surface area contributed by atoms with Gasteiger partial charge in [-0.05, 0) is 54.0 Å². The van der Waals surface area contributed by atoms with Crippen LogP contribution < -0.4 is 0 Å².